The predicted molar refractivity (Wildman–Crippen MR) is 107 cm³/mol. The number of methoxy groups -OCH3 is 1. The summed E-state index contributed by atoms with van der Waals surface area (Å²) in [5.41, 5.74) is 6.38. The zero-order chi connectivity index (χ0) is 20.1. The van der Waals surface area contributed by atoms with Crippen molar-refractivity contribution in [1.82, 2.24) is 10.2 Å². The van der Waals surface area contributed by atoms with Crippen molar-refractivity contribution in [2.45, 2.75) is 26.7 Å². The minimum atomic E-state index is -0.357. The monoisotopic (exact) mass is 374 g/mol. The molecule has 0 fully saturated rings. The van der Waals surface area contributed by atoms with Gasteiger partial charge in [0, 0.05) is 12.8 Å². The standard InChI is InChI=1S/C23H22N2O3/c1-15-4-7-19(23(27)28-3)12-22(15)18-8-5-17(6-9-18)10-21(26)11-20-14-25-24-13-16(20)2/h4-9,12-14H,10-11H2,1-3H3. The van der Waals surface area contributed by atoms with Gasteiger partial charge >= 0.3 is 5.97 Å². The van der Waals surface area contributed by atoms with Gasteiger partial charge in [0.25, 0.3) is 0 Å². The second-order valence-electron chi connectivity index (χ2n) is 6.81. The zero-order valence-corrected chi connectivity index (χ0v) is 16.2. The summed E-state index contributed by atoms with van der Waals surface area (Å²) in [6, 6.07) is 13.4. The van der Waals surface area contributed by atoms with E-state index in [2.05, 4.69) is 10.2 Å². The molecule has 5 heteroatoms. The van der Waals surface area contributed by atoms with E-state index in [0.717, 1.165) is 33.4 Å². The van der Waals surface area contributed by atoms with Crippen LogP contribution in [0.1, 0.15) is 32.6 Å². The molecule has 0 saturated carbocycles. The molecule has 0 N–H and O–H groups in total. The number of ketones is 1. The second kappa shape index (κ2) is 8.57. The predicted octanol–water partition coefficient (Wildman–Crippen LogP) is 3.90. The van der Waals surface area contributed by atoms with Gasteiger partial charge in [-0.15, -0.1) is 0 Å². The Labute approximate surface area is 164 Å². The summed E-state index contributed by atoms with van der Waals surface area (Å²) in [5, 5.41) is 7.66. The van der Waals surface area contributed by atoms with Crippen LogP contribution in [0.4, 0.5) is 0 Å². The summed E-state index contributed by atoms with van der Waals surface area (Å²) in [6.07, 6.45) is 4.03. The van der Waals surface area contributed by atoms with Crippen LogP contribution in [0.15, 0.2) is 54.9 Å². The van der Waals surface area contributed by atoms with Crippen LogP contribution >= 0.6 is 0 Å². The van der Waals surface area contributed by atoms with Gasteiger partial charge in [0.05, 0.1) is 25.1 Å². The molecule has 0 bridgehead atoms. The fourth-order valence-corrected chi connectivity index (χ4v) is 3.08. The quantitative estimate of drug-likeness (QED) is 0.612. The van der Waals surface area contributed by atoms with E-state index >= 15 is 0 Å². The highest BCUT2D eigenvalue weighted by Gasteiger charge is 2.11. The SMILES string of the molecule is COC(=O)c1ccc(C)c(-c2ccc(CC(=O)Cc3cnncc3C)cc2)c1. The molecule has 0 amide bonds. The molecule has 3 rings (SSSR count). The summed E-state index contributed by atoms with van der Waals surface area (Å²) >= 11 is 0. The number of rotatable bonds is 6. The first-order chi connectivity index (χ1) is 13.5. The molecule has 0 aliphatic rings. The summed E-state index contributed by atoms with van der Waals surface area (Å²) in [4.78, 5) is 24.2. The summed E-state index contributed by atoms with van der Waals surface area (Å²) in [7, 11) is 1.37. The summed E-state index contributed by atoms with van der Waals surface area (Å²) in [5.74, 6) is -0.225. The van der Waals surface area contributed by atoms with Crippen LogP contribution in [-0.2, 0) is 22.4 Å². The number of carbonyl (C=O) groups excluding carboxylic acids is 2. The lowest BCUT2D eigenvalue weighted by atomic mass is 9.96. The van der Waals surface area contributed by atoms with Gasteiger partial charge in [-0.1, -0.05) is 30.3 Å². The second-order valence-corrected chi connectivity index (χ2v) is 6.81. The highest BCUT2D eigenvalue weighted by Crippen LogP contribution is 2.25. The molecular weight excluding hydrogens is 352 g/mol. The first-order valence-corrected chi connectivity index (χ1v) is 9.04. The molecule has 5 nitrogen and oxygen atoms in total. The third kappa shape index (κ3) is 4.49. The van der Waals surface area contributed by atoms with E-state index in [9.17, 15) is 9.59 Å². The number of Topliss-reactive ketones (excluding diaryl/α,β-unsaturated/α-hetero) is 1. The average Bonchev–Trinajstić information content (AvgIpc) is 2.70. The Morgan fingerprint density at radius 1 is 0.893 bits per heavy atom. The van der Waals surface area contributed by atoms with Crippen LogP contribution in [0.5, 0.6) is 0 Å². The highest BCUT2D eigenvalue weighted by molar-refractivity contribution is 5.91. The Morgan fingerprint density at radius 2 is 1.61 bits per heavy atom. The molecule has 0 aliphatic carbocycles. The number of carbonyl (C=O) groups is 2. The lowest BCUT2D eigenvalue weighted by Gasteiger charge is -2.10. The van der Waals surface area contributed by atoms with E-state index in [-0.39, 0.29) is 11.8 Å². The van der Waals surface area contributed by atoms with Crippen LogP contribution in [0.2, 0.25) is 0 Å². The van der Waals surface area contributed by atoms with Crippen molar-refractivity contribution in [3.8, 4) is 11.1 Å². The molecule has 0 aliphatic heterocycles. The van der Waals surface area contributed by atoms with Gasteiger partial charge in [-0.2, -0.15) is 10.2 Å². The smallest absolute Gasteiger partial charge is 0.337 e. The number of nitrogens with zero attached hydrogens (tertiary/aromatic N) is 2. The van der Waals surface area contributed by atoms with Crippen molar-refractivity contribution in [2.24, 2.45) is 0 Å². The number of aromatic nitrogens is 2. The van der Waals surface area contributed by atoms with Crippen molar-refractivity contribution >= 4 is 11.8 Å². The number of hydrogen-bond donors (Lipinski definition) is 0. The Morgan fingerprint density at radius 3 is 2.29 bits per heavy atom. The lowest BCUT2D eigenvalue weighted by Crippen LogP contribution is -2.08. The maximum atomic E-state index is 12.4. The first-order valence-electron chi connectivity index (χ1n) is 9.04. The molecule has 3 aromatic rings. The lowest BCUT2D eigenvalue weighted by molar-refractivity contribution is -0.117. The van der Waals surface area contributed by atoms with Crippen molar-refractivity contribution in [1.29, 1.82) is 0 Å². The number of ether oxygens (including phenoxy) is 1. The Hall–Kier alpha value is -3.34. The Kier molecular flexibility index (Phi) is 5.94. The van der Waals surface area contributed by atoms with Crippen molar-refractivity contribution < 1.29 is 14.3 Å². The maximum absolute atomic E-state index is 12.4. The fraction of sp³-hybridized carbons (Fsp3) is 0.217. The summed E-state index contributed by atoms with van der Waals surface area (Å²) < 4.78 is 4.80. The molecular formula is C23H22N2O3. The van der Waals surface area contributed by atoms with E-state index in [1.165, 1.54) is 7.11 Å². The van der Waals surface area contributed by atoms with Crippen LogP contribution < -0.4 is 0 Å². The van der Waals surface area contributed by atoms with E-state index in [4.69, 9.17) is 4.74 Å². The van der Waals surface area contributed by atoms with Gasteiger partial charge in [0.2, 0.25) is 0 Å². The fourth-order valence-electron chi connectivity index (χ4n) is 3.08. The van der Waals surface area contributed by atoms with Crippen LogP contribution in [0.3, 0.4) is 0 Å². The number of hydrogen-bond acceptors (Lipinski definition) is 5. The van der Waals surface area contributed by atoms with Crippen molar-refractivity contribution in [2.75, 3.05) is 7.11 Å². The first kappa shape index (κ1) is 19.4. The number of aryl methyl sites for hydroxylation is 2. The topological polar surface area (TPSA) is 69.2 Å². The molecule has 2 aromatic carbocycles. The number of benzene rings is 2. The Bertz CT molecular complexity index is 1010. The highest BCUT2D eigenvalue weighted by atomic mass is 16.5. The normalized spacial score (nSPS) is 10.5. The molecule has 0 radical (unpaired) electrons. The summed E-state index contributed by atoms with van der Waals surface area (Å²) in [6.45, 7) is 3.93. The van der Waals surface area contributed by atoms with E-state index < -0.39 is 0 Å². The van der Waals surface area contributed by atoms with E-state index in [1.807, 2.05) is 50.2 Å². The maximum Gasteiger partial charge on any atom is 0.337 e. The van der Waals surface area contributed by atoms with Gasteiger partial charge in [-0.05, 0) is 59.4 Å². The van der Waals surface area contributed by atoms with Crippen molar-refractivity contribution in [3.05, 3.63) is 82.7 Å². The minimum absolute atomic E-state index is 0.132. The molecule has 0 saturated heterocycles. The molecule has 1 aromatic heterocycles. The minimum Gasteiger partial charge on any atom is -0.465 e. The molecule has 0 atom stereocenters. The van der Waals surface area contributed by atoms with Crippen LogP contribution in [0, 0.1) is 13.8 Å². The molecule has 0 unspecified atom stereocenters. The van der Waals surface area contributed by atoms with E-state index in [1.54, 1.807) is 18.5 Å². The third-order valence-electron chi connectivity index (χ3n) is 4.75. The van der Waals surface area contributed by atoms with Crippen molar-refractivity contribution in [3.63, 3.8) is 0 Å². The molecule has 0 spiro atoms. The van der Waals surface area contributed by atoms with E-state index in [0.29, 0.717) is 18.4 Å². The molecule has 28 heavy (non-hydrogen) atoms. The van der Waals surface area contributed by atoms with Gasteiger partial charge < -0.3 is 4.74 Å². The van der Waals surface area contributed by atoms with Gasteiger partial charge in [0.15, 0.2) is 0 Å². The third-order valence-corrected chi connectivity index (χ3v) is 4.75. The van der Waals surface area contributed by atoms with Gasteiger partial charge in [0.1, 0.15) is 5.78 Å². The van der Waals surface area contributed by atoms with Crippen LogP contribution in [-0.4, -0.2) is 29.1 Å². The molecule has 142 valence electrons. The van der Waals surface area contributed by atoms with Gasteiger partial charge in [-0.3, -0.25) is 4.79 Å². The zero-order valence-electron chi connectivity index (χ0n) is 16.2. The molecule has 1 heterocycles. The van der Waals surface area contributed by atoms with Crippen LogP contribution in [0.25, 0.3) is 11.1 Å². The average molecular weight is 374 g/mol. The number of esters is 1. The van der Waals surface area contributed by atoms with Gasteiger partial charge in [-0.25, -0.2) is 4.79 Å². The Balaban J connectivity index is 1.74. The largest absolute Gasteiger partial charge is 0.465 e.